The summed E-state index contributed by atoms with van der Waals surface area (Å²) in [6.07, 6.45) is 0. The third-order valence-electron chi connectivity index (χ3n) is 3.82. The number of carbonyl (C=O) groups is 1. The van der Waals surface area contributed by atoms with E-state index >= 15 is 0 Å². The maximum atomic E-state index is 12.9. The zero-order valence-electron chi connectivity index (χ0n) is 14.7. The smallest absolute Gasteiger partial charge is 0.253 e. The molecule has 0 radical (unpaired) electrons. The maximum Gasteiger partial charge on any atom is 0.253 e. The molecule has 0 saturated carbocycles. The van der Waals surface area contributed by atoms with E-state index in [1.807, 2.05) is 12.1 Å². The van der Waals surface area contributed by atoms with E-state index in [1.165, 1.54) is 16.3 Å². The number of sulfonamides is 1. The zero-order chi connectivity index (χ0) is 18.8. The summed E-state index contributed by atoms with van der Waals surface area (Å²) >= 11 is 3.32. The van der Waals surface area contributed by atoms with Crippen LogP contribution in [0.25, 0.3) is 0 Å². The summed E-state index contributed by atoms with van der Waals surface area (Å²) in [4.78, 5) is 13.8. The van der Waals surface area contributed by atoms with Gasteiger partial charge in [0.25, 0.3) is 5.91 Å². The number of halogens is 1. The molecule has 5 nitrogen and oxygen atoms in total. The standard InChI is InChI=1S/C18H21BrN2O3S/c1-13-8-9-16(19)11-17(13)25(23,24)21(4)12-14-6-5-7-15(10-14)18(22)20(2)3/h5-11H,12H2,1-4H3. The molecule has 0 bridgehead atoms. The van der Waals surface area contributed by atoms with Crippen molar-refractivity contribution in [3.05, 3.63) is 63.6 Å². The lowest BCUT2D eigenvalue weighted by Crippen LogP contribution is -2.27. The summed E-state index contributed by atoms with van der Waals surface area (Å²) in [5.41, 5.74) is 1.98. The third-order valence-corrected chi connectivity index (χ3v) is 6.26. The fourth-order valence-electron chi connectivity index (χ4n) is 2.42. The molecule has 2 rings (SSSR count). The Morgan fingerprint density at radius 2 is 1.76 bits per heavy atom. The predicted octanol–water partition coefficient (Wildman–Crippen LogP) is 3.28. The first-order chi connectivity index (χ1) is 11.6. The topological polar surface area (TPSA) is 57.7 Å². The molecule has 0 aliphatic rings. The van der Waals surface area contributed by atoms with Gasteiger partial charge < -0.3 is 4.90 Å². The molecule has 1 amide bonds. The van der Waals surface area contributed by atoms with Gasteiger partial charge in [0.05, 0.1) is 4.90 Å². The van der Waals surface area contributed by atoms with E-state index < -0.39 is 10.0 Å². The van der Waals surface area contributed by atoms with Gasteiger partial charge in [0, 0.05) is 37.7 Å². The average molecular weight is 425 g/mol. The van der Waals surface area contributed by atoms with Gasteiger partial charge >= 0.3 is 0 Å². The molecule has 0 aliphatic carbocycles. The molecule has 0 aliphatic heterocycles. The zero-order valence-corrected chi connectivity index (χ0v) is 17.1. The van der Waals surface area contributed by atoms with Crippen molar-refractivity contribution in [2.24, 2.45) is 0 Å². The van der Waals surface area contributed by atoms with Crippen molar-refractivity contribution in [3.63, 3.8) is 0 Å². The SMILES string of the molecule is Cc1ccc(Br)cc1S(=O)(=O)N(C)Cc1cccc(C(=O)N(C)C)c1. The van der Waals surface area contributed by atoms with Crippen LogP contribution < -0.4 is 0 Å². The number of hydrogen-bond acceptors (Lipinski definition) is 3. The number of hydrogen-bond donors (Lipinski definition) is 0. The molecule has 0 N–H and O–H groups in total. The quantitative estimate of drug-likeness (QED) is 0.739. The van der Waals surface area contributed by atoms with Crippen LogP contribution in [0.4, 0.5) is 0 Å². The summed E-state index contributed by atoms with van der Waals surface area (Å²) in [7, 11) is 1.27. The molecule has 0 spiro atoms. The van der Waals surface area contributed by atoms with Gasteiger partial charge in [0.2, 0.25) is 10.0 Å². The Kier molecular flexibility index (Phi) is 6.03. The lowest BCUT2D eigenvalue weighted by molar-refractivity contribution is 0.0827. The fourth-order valence-corrected chi connectivity index (χ4v) is 4.34. The number of rotatable bonds is 5. The molecule has 2 aromatic rings. The summed E-state index contributed by atoms with van der Waals surface area (Å²) in [6, 6.07) is 12.2. The van der Waals surface area contributed by atoms with E-state index in [0.717, 1.165) is 5.56 Å². The van der Waals surface area contributed by atoms with Crippen molar-refractivity contribution in [3.8, 4) is 0 Å². The minimum absolute atomic E-state index is 0.116. The highest BCUT2D eigenvalue weighted by atomic mass is 79.9. The normalized spacial score (nSPS) is 11.6. The summed E-state index contributed by atoms with van der Waals surface area (Å²) in [5, 5.41) is 0. The van der Waals surface area contributed by atoms with Gasteiger partial charge in [0.1, 0.15) is 0 Å². The largest absolute Gasteiger partial charge is 0.345 e. The van der Waals surface area contributed by atoms with Gasteiger partial charge in [-0.2, -0.15) is 4.31 Å². The van der Waals surface area contributed by atoms with Crippen molar-refractivity contribution < 1.29 is 13.2 Å². The molecule has 2 aromatic carbocycles. The molecule has 0 atom stereocenters. The highest BCUT2D eigenvalue weighted by Crippen LogP contribution is 2.24. The molecule has 0 saturated heterocycles. The Labute approximate surface area is 157 Å². The lowest BCUT2D eigenvalue weighted by atomic mass is 10.1. The number of nitrogens with zero attached hydrogens (tertiary/aromatic N) is 2. The molecule has 134 valence electrons. The van der Waals surface area contributed by atoms with E-state index in [1.54, 1.807) is 51.4 Å². The molecular weight excluding hydrogens is 404 g/mol. The molecule has 0 heterocycles. The van der Waals surface area contributed by atoms with Gasteiger partial charge in [0.15, 0.2) is 0 Å². The number of amides is 1. The van der Waals surface area contributed by atoms with Crippen LogP contribution in [0.2, 0.25) is 0 Å². The first kappa shape index (κ1) is 19.6. The summed E-state index contributed by atoms with van der Waals surface area (Å²) in [6.45, 7) is 1.95. The van der Waals surface area contributed by atoms with E-state index in [4.69, 9.17) is 0 Å². The van der Waals surface area contributed by atoms with Crippen LogP contribution >= 0.6 is 15.9 Å². The third kappa shape index (κ3) is 4.48. The number of carbonyl (C=O) groups excluding carboxylic acids is 1. The average Bonchev–Trinajstić information content (AvgIpc) is 2.56. The Hall–Kier alpha value is -1.70. The van der Waals surface area contributed by atoms with Gasteiger partial charge in [-0.05, 0) is 42.3 Å². The molecule has 0 unspecified atom stereocenters. The van der Waals surface area contributed by atoms with E-state index in [9.17, 15) is 13.2 Å². The second-order valence-electron chi connectivity index (χ2n) is 6.07. The highest BCUT2D eigenvalue weighted by Gasteiger charge is 2.23. The number of aryl methyl sites for hydroxylation is 1. The minimum atomic E-state index is -3.63. The van der Waals surface area contributed by atoms with Crippen LogP contribution in [0.1, 0.15) is 21.5 Å². The molecule has 0 aromatic heterocycles. The van der Waals surface area contributed by atoms with Gasteiger partial charge in [-0.3, -0.25) is 4.79 Å². The van der Waals surface area contributed by atoms with Crippen molar-refractivity contribution in [2.45, 2.75) is 18.4 Å². The lowest BCUT2D eigenvalue weighted by Gasteiger charge is -2.19. The minimum Gasteiger partial charge on any atom is -0.345 e. The monoisotopic (exact) mass is 424 g/mol. The molecular formula is C18H21BrN2O3S. The van der Waals surface area contributed by atoms with Crippen LogP contribution in [0.15, 0.2) is 51.8 Å². The van der Waals surface area contributed by atoms with Gasteiger partial charge in [-0.25, -0.2) is 8.42 Å². The second-order valence-corrected chi connectivity index (χ2v) is 9.00. The van der Waals surface area contributed by atoms with Gasteiger partial charge in [-0.1, -0.05) is 34.1 Å². The summed E-state index contributed by atoms with van der Waals surface area (Å²) < 4.78 is 27.7. The maximum absolute atomic E-state index is 12.9. The van der Waals surface area contributed by atoms with Crippen LogP contribution in [0.3, 0.4) is 0 Å². The molecule has 7 heteroatoms. The highest BCUT2D eigenvalue weighted by molar-refractivity contribution is 9.10. The van der Waals surface area contributed by atoms with E-state index in [-0.39, 0.29) is 17.3 Å². The van der Waals surface area contributed by atoms with Crippen molar-refractivity contribution in [1.29, 1.82) is 0 Å². The van der Waals surface area contributed by atoms with Crippen LogP contribution in [-0.4, -0.2) is 44.7 Å². The Balaban J connectivity index is 2.30. The number of benzene rings is 2. The fraction of sp³-hybridized carbons (Fsp3) is 0.278. The Morgan fingerprint density at radius 3 is 2.40 bits per heavy atom. The van der Waals surface area contributed by atoms with Crippen molar-refractivity contribution in [2.75, 3.05) is 21.1 Å². The first-order valence-electron chi connectivity index (χ1n) is 7.66. The molecule has 0 fully saturated rings. The Bertz CT molecular complexity index is 895. The second kappa shape index (κ2) is 7.68. The molecule has 25 heavy (non-hydrogen) atoms. The van der Waals surface area contributed by atoms with Crippen LogP contribution in [-0.2, 0) is 16.6 Å². The Morgan fingerprint density at radius 1 is 1.08 bits per heavy atom. The van der Waals surface area contributed by atoms with E-state index in [0.29, 0.717) is 15.6 Å². The van der Waals surface area contributed by atoms with Gasteiger partial charge in [-0.15, -0.1) is 0 Å². The van der Waals surface area contributed by atoms with Crippen molar-refractivity contribution >= 4 is 31.9 Å². The predicted molar refractivity (Wildman–Crippen MR) is 102 cm³/mol. The first-order valence-corrected chi connectivity index (χ1v) is 9.89. The van der Waals surface area contributed by atoms with Crippen LogP contribution in [0, 0.1) is 6.92 Å². The van der Waals surface area contributed by atoms with E-state index in [2.05, 4.69) is 15.9 Å². The van der Waals surface area contributed by atoms with Crippen molar-refractivity contribution in [1.82, 2.24) is 9.21 Å². The summed E-state index contributed by atoms with van der Waals surface area (Å²) in [5.74, 6) is -0.116. The van der Waals surface area contributed by atoms with Crippen LogP contribution in [0.5, 0.6) is 0 Å².